The van der Waals surface area contributed by atoms with Crippen LogP contribution in [-0.4, -0.2) is 51.1 Å². The van der Waals surface area contributed by atoms with Crippen molar-refractivity contribution in [2.45, 2.75) is 36.1 Å². The SMILES string of the molecule is CC(C)NC(=O)CSc1ccccc1C(=O)OCC(=O)NCCc1ccc(S(N)(=O)=O)cc1. The van der Waals surface area contributed by atoms with Crippen molar-refractivity contribution in [2.24, 2.45) is 5.14 Å². The number of amides is 2. The van der Waals surface area contributed by atoms with Crippen LogP contribution in [0.5, 0.6) is 0 Å². The van der Waals surface area contributed by atoms with Gasteiger partial charge in [0.25, 0.3) is 5.91 Å². The van der Waals surface area contributed by atoms with Crippen molar-refractivity contribution >= 4 is 39.6 Å². The topological polar surface area (TPSA) is 145 Å². The summed E-state index contributed by atoms with van der Waals surface area (Å²) in [5.74, 6) is -1.11. The number of rotatable bonds is 11. The minimum atomic E-state index is -3.75. The van der Waals surface area contributed by atoms with Crippen molar-refractivity contribution < 1.29 is 27.5 Å². The Morgan fingerprint density at radius 1 is 1.03 bits per heavy atom. The van der Waals surface area contributed by atoms with Crippen molar-refractivity contribution in [1.29, 1.82) is 0 Å². The van der Waals surface area contributed by atoms with Crippen LogP contribution in [0.1, 0.15) is 29.8 Å². The Morgan fingerprint density at radius 3 is 2.33 bits per heavy atom. The zero-order valence-corrected chi connectivity index (χ0v) is 20.0. The van der Waals surface area contributed by atoms with E-state index in [1.807, 2.05) is 13.8 Å². The molecule has 0 atom stereocenters. The molecule has 4 N–H and O–H groups in total. The second kappa shape index (κ2) is 12.4. The van der Waals surface area contributed by atoms with Gasteiger partial charge in [0, 0.05) is 17.5 Å². The average Bonchev–Trinajstić information content (AvgIpc) is 2.75. The van der Waals surface area contributed by atoms with E-state index in [0.717, 1.165) is 5.56 Å². The van der Waals surface area contributed by atoms with E-state index in [1.54, 1.807) is 36.4 Å². The Bertz CT molecular complexity index is 1090. The van der Waals surface area contributed by atoms with Crippen LogP contribution in [0.4, 0.5) is 0 Å². The third-order valence-electron chi connectivity index (χ3n) is 4.24. The Morgan fingerprint density at radius 2 is 1.70 bits per heavy atom. The van der Waals surface area contributed by atoms with E-state index in [0.29, 0.717) is 11.3 Å². The molecule has 0 unspecified atom stereocenters. The highest BCUT2D eigenvalue weighted by Gasteiger charge is 2.16. The minimum Gasteiger partial charge on any atom is -0.452 e. The predicted molar refractivity (Wildman–Crippen MR) is 125 cm³/mol. The second-order valence-electron chi connectivity index (χ2n) is 7.37. The third-order valence-corrected chi connectivity index (χ3v) is 6.24. The van der Waals surface area contributed by atoms with Crippen molar-refractivity contribution in [1.82, 2.24) is 10.6 Å². The summed E-state index contributed by atoms with van der Waals surface area (Å²) >= 11 is 1.21. The summed E-state index contributed by atoms with van der Waals surface area (Å²) in [6.45, 7) is 3.56. The number of carbonyl (C=O) groups is 3. The van der Waals surface area contributed by atoms with Gasteiger partial charge in [0.15, 0.2) is 6.61 Å². The van der Waals surface area contributed by atoms with E-state index in [2.05, 4.69) is 10.6 Å². The van der Waals surface area contributed by atoms with Gasteiger partial charge in [-0.25, -0.2) is 18.4 Å². The summed E-state index contributed by atoms with van der Waals surface area (Å²) in [5, 5.41) is 10.5. The first kappa shape index (κ1) is 26.4. The summed E-state index contributed by atoms with van der Waals surface area (Å²) in [5.41, 5.74) is 1.09. The molecule has 0 aliphatic heterocycles. The first-order chi connectivity index (χ1) is 15.6. The molecule has 0 aliphatic rings. The number of sulfonamides is 1. The zero-order valence-electron chi connectivity index (χ0n) is 18.4. The number of hydrogen-bond acceptors (Lipinski definition) is 7. The maximum absolute atomic E-state index is 12.4. The molecule has 0 aromatic heterocycles. The molecular weight excluding hydrogens is 466 g/mol. The number of hydrogen-bond donors (Lipinski definition) is 3. The van der Waals surface area contributed by atoms with Gasteiger partial charge in [-0.05, 0) is 50.1 Å². The lowest BCUT2D eigenvalue weighted by atomic mass is 10.1. The van der Waals surface area contributed by atoms with Crippen LogP contribution in [0.25, 0.3) is 0 Å². The average molecular weight is 494 g/mol. The molecule has 0 radical (unpaired) electrons. The fourth-order valence-electron chi connectivity index (χ4n) is 2.72. The molecular formula is C22H27N3O6S2. The highest BCUT2D eigenvalue weighted by Crippen LogP contribution is 2.23. The molecule has 2 aromatic rings. The van der Waals surface area contributed by atoms with E-state index in [4.69, 9.17) is 9.88 Å². The molecule has 0 fully saturated rings. The summed E-state index contributed by atoms with van der Waals surface area (Å²) in [6, 6.07) is 12.8. The summed E-state index contributed by atoms with van der Waals surface area (Å²) in [6.07, 6.45) is 0.461. The standard InChI is InChI=1S/C22H27N3O6S2/c1-15(2)25-21(27)14-32-19-6-4-3-5-18(19)22(28)31-13-20(26)24-12-11-16-7-9-17(10-8-16)33(23,29)30/h3-10,15H,11-14H2,1-2H3,(H,24,26)(H,25,27)(H2,23,29,30). The quantitative estimate of drug-likeness (QED) is 0.317. The van der Waals surface area contributed by atoms with Crippen molar-refractivity contribution in [3.8, 4) is 0 Å². The maximum Gasteiger partial charge on any atom is 0.339 e. The summed E-state index contributed by atoms with van der Waals surface area (Å²) in [4.78, 5) is 36.9. The molecule has 178 valence electrons. The number of esters is 1. The van der Waals surface area contributed by atoms with Crippen LogP contribution >= 0.6 is 11.8 Å². The van der Waals surface area contributed by atoms with E-state index in [1.165, 1.54) is 23.9 Å². The van der Waals surface area contributed by atoms with Crippen molar-refractivity contribution in [3.05, 3.63) is 59.7 Å². The molecule has 2 aromatic carbocycles. The summed E-state index contributed by atoms with van der Waals surface area (Å²) in [7, 11) is -3.75. The molecule has 0 bridgehead atoms. The Labute approximate surface area is 197 Å². The van der Waals surface area contributed by atoms with E-state index in [-0.39, 0.29) is 34.7 Å². The predicted octanol–water partition coefficient (Wildman–Crippen LogP) is 1.47. The van der Waals surface area contributed by atoms with Crippen LogP contribution in [0.3, 0.4) is 0 Å². The Balaban J connectivity index is 1.80. The van der Waals surface area contributed by atoms with Crippen LogP contribution in [-0.2, 0) is 30.8 Å². The van der Waals surface area contributed by atoms with Gasteiger partial charge in [-0.3, -0.25) is 9.59 Å². The highest BCUT2D eigenvalue weighted by atomic mass is 32.2. The number of ether oxygens (including phenoxy) is 1. The van der Waals surface area contributed by atoms with Gasteiger partial charge in [-0.2, -0.15) is 0 Å². The van der Waals surface area contributed by atoms with Gasteiger partial charge in [-0.15, -0.1) is 11.8 Å². The lowest BCUT2D eigenvalue weighted by Crippen LogP contribution is -2.31. The monoisotopic (exact) mass is 493 g/mol. The number of carbonyl (C=O) groups excluding carboxylic acids is 3. The lowest BCUT2D eigenvalue weighted by molar-refractivity contribution is -0.124. The fraction of sp³-hybridized carbons (Fsp3) is 0.318. The first-order valence-corrected chi connectivity index (χ1v) is 12.7. The zero-order chi connectivity index (χ0) is 24.4. The van der Waals surface area contributed by atoms with Gasteiger partial charge >= 0.3 is 5.97 Å². The van der Waals surface area contributed by atoms with E-state index in [9.17, 15) is 22.8 Å². The Hall–Kier alpha value is -2.89. The minimum absolute atomic E-state index is 0.0150. The maximum atomic E-state index is 12.4. The van der Waals surface area contributed by atoms with E-state index < -0.39 is 28.5 Å². The number of nitrogens with one attached hydrogen (secondary N) is 2. The van der Waals surface area contributed by atoms with Gasteiger partial charge in [0.1, 0.15) is 0 Å². The van der Waals surface area contributed by atoms with E-state index >= 15 is 0 Å². The molecule has 0 aliphatic carbocycles. The van der Waals surface area contributed by atoms with Crippen LogP contribution in [0.15, 0.2) is 58.3 Å². The first-order valence-electron chi connectivity index (χ1n) is 10.1. The molecule has 0 saturated carbocycles. The lowest BCUT2D eigenvalue weighted by Gasteiger charge is -2.11. The molecule has 2 rings (SSSR count). The molecule has 0 saturated heterocycles. The molecule has 2 amide bonds. The highest BCUT2D eigenvalue weighted by molar-refractivity contribution is 8.00. The van der Waals surface area contributed by atoms with Crippen molar-refractivity contribution in [3.63, 3.8) is 0 Å². The van der Waals surface area contributed by atoms with Crippen LogP contribution in [0, 0.1) is 0 Å². The molecule has 9 nitrogen and oxygen atoms in total. The second-order valence-corrected chi connectivity index (χ2v) is 9.95. The number of nitrogens with two attached hydrogens (primary N) is 1. The molecule has 33 heavy (non-hydrogen) atoms. The van der Waals surface area contributed by atoms with Crippen LogP contribution in [0.2, 0.25) is 0 Å². The number of benzene rings is 2. The van der Waals surface area contributed by atoms with Crippen molar-refractivity contribution in [2.75, 3.05) is 18.9 Å². The fourth-order valence-corrected chi connectivity index (χ4v) is 4.09. The smallest absolute Gasteiger partial charge is 0.339 e. The largest absolute Gasteiger partial charge is 0.452 e. The molecule has 0 heterocycles. The normalized spacial score (nSPS) is 11.2. The molecule has 11 heteroatoms. The Kier molecular flexibility index (Phi) is 9.89. The van der Waals surface area contributed by atoms with Gasteiger partial charge in [0.2, 0.25) is 15.9 Å². The van der Waals surface area contributed by atoms with Gasteiger partial charge in [0.05, 0.1) is 16.2 Å². The van der Waals surface area contributed by atoms with Crippen LogP contribution < -0.4 is 15.8 Å². The molecule has 0 spiro atoms. The number of thioether (sulfide) groups is 1. The third kappa shape index (κ3) is 9.24. The summed E-state index contributed by atoms with van der Waals surface area (Å²) < 4.78 is 27.6. The van der Waals surface area contributed by atoms with Gasteiger partial charge < -0.3 is 15.4 Å². The van der Waals surface area contributed by atoms with Gasteiger partial charge in [-0.1, -0.05) is 24.3 Å². The number of primary sulfonamides is 1.